The monoisotopic (exact) mass is 364 g/mol. The Hall–Kier alpha value is -2.86. The number of hydrogen-bond acceptors (Lipinski definition) is 3. The Balaban J connectivity index is 1.51. The summed E-state index contributed by atoms with van der Waals surface area (Å²) in [6.07, 6.45) is 3.55. The maximum atomic E-state index is 12.7. The molecule has 6 heteroatoms. The lowest BCUT2D eigenvalue weighted by Gasteiger charge is -2.07. The fourth-order valence-corrected chi connectivity index (χ4v) is 4.04. The second kappa shape index (κ2) is 6.80. The summed E-state index contributed by atoms with van der Waals surface area (Å²) in [6.45, 7) is 5.56. The first kappa shape index (κ1) is 16.6. The number of thiophene rings is 1. The van der Waals surface area contributed by atoms with E-state index in [1.807, 2.05) is 39.9 Å². The normalized spacial score (nSPS) is 11.2. The topological polar surface area (TPSA) is 51.9 Å². The van der Waals surface area contributed by atoms with Gasteiger partial charge in [0.25, 0.3) is 5.91 Å². The van der Waals surface area contributed by atoms with Crippen molar-refractivity contribution < 1.29 is 4.79 Å². The van der Waals surface area contributed by atoms with Gasteiger partial charge in [-0.1, -0.05) is 29.8 Å². The van der Waals surface area contributed by atoms with Crippen LogP contribution in [-0.2, 0) is 13.1 Å². The summed E-state index contributed by atoms with van der Waals surface area (Å²) in [5.41, 5.74) is 4.91. The van der Waals surface area contributed by atoms with Crippen LogP contribution in [0, 0.1) is 6.92 Å². The maximum Gasteiger partial charge on any atom is 0.272 e. The molecule has 0 fully saturated rings. The molecule has 3 aromatic heterocycles. The number of aryl methyl sites for hydroxylation is 2. The number of aromatic nitrogens is 3. The number of fused-ring (bicyclic) bond motifs is 1. The molecule has 1 N–H and O–H groups in total. The van der Waals surface area contributed by atoms with E-state index >= 15 is 0 Å². The van der Waals surface area contributed by atoms with Crippen LogP contribution in [0.2, 0.25) is 0 Å². The van der Waals surface area contributed by atoms with E-state index in [0.29, 0.717) is 17.9 Å². The van der Waals surface area contributed by atoms with Gasteiger partial charge in [0.2, 0.25) is 0 Å². The predicted molar refractivity (Wildman–Crippen MR) is 106 cm³/mol. The van der Waals surface area contributed by atoms with Crippen molar-refractivity contribution in [3.63, 3.8) is 0 Å². The fraction of sp³-hybridized carbons (Fsp3) is 0.200. The van der Waals surface area contributed by atoms with Crippen molar-refractivity contribution in [2.45, 2.75) is 26.9 Å². The second-order valence-corrected chi connectivity index (χ2v) is 7.26. The minimum atomic E-state index is -0.106. The predicted octanol–water partition coefficient (Wildman–Crippen LogP) is 4.53. The van der Waals surface area contributed by atoms with Crippen molar-refractivity contribution >= 4 is 33.1 Å². The van der Waals surface area contributed by atoms with Crippen molar-refractivity contribution in [1.82, 2.24) is 14.3 Å². The number of carbonyl (C=O) groups excluding carboxylic acids is 1. The zero-order valence-electron chi connectivity index (χ0n) is 14.8. The van der Waals surface area contributed by atoms with Crippen LogP contribution in [0.15, 0.2) is 54.2 Å². The van der Waals surface area contributed by atoms with E-state index in [1.54, 1.807) is 17.5 Å². The highest BCUT2D eigenvalue weighted by atomic mass is 32.1. The molecule has 3 heterocycles. The molecule has 132 valence electrons. The number of nitrogens with one attached hydrogen (secondary N) is 1. The Bertz CT molecular complexity index is 1070. The summed E-state index contributed by atoms with van der Waals surface area (Å²) < 4.78 is 5.01. The minimum Gasteiger partial charge on any atom is -0.336 e. The van der Waals surface area contributed by atoms with E-state index in [4.69, 9.17) is 0 Å². The van der Waals surface area contributed by atoms with Crippen LogP contribution in [0.3, 0.4) is 0 Å². The van der Waals surface area contributed by atoms with Crippen LogP contribution in [0.5, 0.6) is 0 Å². The van der Waals surface area contributed by atoms with Gasteiger partial charge >= 0.3 is 0 Å². The molecule has 0 atom stereocenters. The van der Waals surface area contributed by atoms with Gasteiger partial charge in [0.05, 0.1) is 28.6 Å². The average molecular weight is 364 g/mol. The van der Waals surface area contributed by atoms with Crippen LogP contribution in [0.1, 0.15) is 28.5 Å². The molecule has 0 bridgehead atoms. The lowest BCUT2D eigenvalue weighted by molar-refractivity contribution is 0.101. The fourth-order valence-electron chi connectivity index (χ4n) is 3.21. The van der Waals surface area contributed by atoms with E-state index in [-0.39, 0.29) is 5.91 Å². The number of carbonyl (C=O) groups is 1. The van der Waals surface area contributed by atoms with E-state index in [2.05, 4.69) is 41.6 Å². The van der Waals surface area contributed by atoms with Crippen LogP contribution < -0.4 is 5.32 Å². The third-order valence-corrected chi connectivity index (χ3v) is 5.24. The zero-order chi connectivity index (χ0) is 18.1. The number of anilines is 1. The molecule has 1 aromatic carbocycles. The number of benzene rings is 1. The number of hydrogen-bond donors (Lipinski definition) is 1. The number of nitrogens with zero attached hydrogens (tertiary/aromatic N) is 3. The Morgan fingerprint density at radius 1 is 1.27 bits per heavy atom. The summed E-state index contributed by atoms with van der Waals surface area (Å²) in [4.78, 5) is 12.7. The van der Waals surface area contributed by atoms with Crippen molar-refractivity contribution in [2.24, 2.45) is 0 Å². The van der Waals surface area contributed by atoms with Gasteiger partial charge in [-0.05, 0) is 36.9 Å². The standard InChI is InChI=1S/C20H20N4OS/c1-3-24-17-7-8-26-19(17)10-18(24)20(25)22-16-11-21-23(13-16)12-15-6-4-5-14(2)9-15/h4-11,13H,3,12H2,1-2H3,(H,22,25). The highest BCUT2D eigenvalue weighted by Crippen LogP contribution is 2.25. The summed E-state index contributed by atoms with van der Waals surface area (Å²) >= 11 is 1.65. The molecule has 26 heavy (non-hydrogen) atoms. The minimum absolute atomic E-state index is 0.106. The third kappa shape index (κ3) is 3.15. The molecule has 4 aromatic rings. The second-order valence-electron chi connectivity index (χ2n) is 6.31. The highest BCUT2D eigenvalue weighted by Gasteiger charge is 2.16. The van der Waals surface area contributed by atoms with Gasteiger partial charge in [-0.15, -0.1) is 11.3 Å². The maximum absolute atomic E-state index is 12.7. The van der Waals surface area contributed by atoms with Gasteiger partial charge in [0, 0.05) is 12.7 Å². The highest BCUT2D eigenvalue weighted by molar-refractivity contribution is 7.17. The molecule has 0 saturated heterocycles. The first-order valence-electron chi connectivity index (χ1n) is 8.60. The lowest BCUT2D eigenvalue weighted by atomic mass is 10.1. The molecule has 0 spiro atoms. The molecule has 0 aliphatic carbocycles. The van der Waals surface area contributed by atoms with Crippen molar-refractivity contribution in [2.75, 3.05) is 5.32 Å². The number of amides is 1. The Morgan fingerprint density at radius 2 is 2.15 bits per heavy atom. The molecule has 5 nitrogen and oxygen atoms in total. The zero-order valence-corrected chi connectivity index (χ0v) is 15.6. The first-order chi connectivity index (χ1) is 12.6. The molecule has 0 saturated carbocycles. The van der Waals surface area contributed by atoms with E-state index < -0.39 is 0 Å². The Labute approximate surface area is 155 Å². The number of rotatable bonds is 5. The molecule has 0 radical (unpaired) electrons. The van der Waals surface area contributed by atoms with E-state index in [1.165, 1.54) is 11.1 Å². The molecular formula is C20H20N4OS. The van der Waals surface area contributed by atoms with Crippen molar-refractivity contribution in [3.8, 4) is 0 Å². The molecule has 0 aliphatic heterocycles. The van der Waals surface area contributed by atoms with Crippen LogP contribution in [0.25, 0.3) is 10.2 Å². The van der Waals surface area contributed by atoms with Gasteiger partial charge in [-0.3, -0.25) is 9.48 Å². The smallest absolute Gasteiger partial charge is 0.272 e. The quantitative estimate of drug-likeness (QED) is 0.566. The van der Waals surface area contributed by atoms with Gasteiger partial charge in [0.1, 0.15) is 5.69 Å². The first-order valence-corrected chi connectivity index (χ1v) is 9.48. The third-order valence-electron chi connectivity index (χ3n) is 4.39. The van der Waals surface area contributed by atoms with Gasteiger partial charge in [0.15, 0.2) is 0 Å². The van der Waals surface area contributed by atoms with Gasteiger partial charge in [-0.2, -0.15) is 5.10 Å². The molecule has 4 rings (SSSR count). The average Bonchev–Trinajstić information content (AvgIpc) is 3.30. The molecular weight excluding hydrogens is 344 g/mol. The van der Waals surface area contributed by atoms with Crippen LogP contribution >= 0.6 is 11.3 Å². The van der Waals surface area contributed by atoms with Crippen LogP contribution in [-0.4, -0.2) is 20.3 Å². The summed E-state index contributed by atoms with van der Waals surface area (Å²) in [5.74, 6) is -0.106. The molecule has 0 aliphatic rings. The van der Waals surface area contributed by atoms with Crippen LogP contribution in [0.4, 0.5) is 5.69 Å². The van der Waals surface area contributed by atoms with Gasteiger partial charge < -0.3 is 9.88 Å². The lowest BCUT2D eigenvalue weighted by Crippen LogP contribution is -2.16. The summed E-state index contributed by atoms with van der Waals surface area (Å²) in [6, 6.07) is 12.3. The Morgan fingerprint density at radius 3 is 2.96 bits per heavy atom. The largest absolute Gasteiger partial charge is 0.336 e. The summed E-state index contributed by atoms with van der Waals surface area (Å²) in [7, 11) is 0. The SMILES string of the molecule is CCn1c(C(=O)Nc2cnn(Cc3cccc(C)c3)c2)cc2sccc21. The van der Waals surface area contributed by atoms with E-state index in [0.717, 1.165) is 16.8 Å². The van der Waals surface area contributed by atoms with E-state index in [9.17, 15) is 4.79 Å². The molecule has 1 amide bonds. The Kier molecular flexibility index (Phi) is 4.34. The summed E-state index contributed by atoms with van der Waals surface area (Å²) in [5, 5.41) is 9.37. The van der Waals surface area contributed by atoms with Crippen molar-refractivity contribution in [3.05, 3.63) is 71.0 Å². The molecule has 0 unspecified atom stereocenters. The van der Waals surface area contributed by atoms with Crippen molar-refractivity contribution in [1.29, 1.82) is 0 Å². The van der Waals surface area contributed by atoms with Gasteiger partial charge in [-0.25, -0.2) is 0 Å².